The van der Waals surface area contributed by atoms with E-state index >= 15 is 0 Å². The zero-order chi connectivity index (χ0) is 14.7. The highest BCUT2D eigenvalue weighted by molar-refractivity contribution is 6.87. The summed E-state index contributed by atoms with van der Waals surface area (Å²) in [5.74, 6) is 0. The molecule has 2 heterocycles. The van der Waals surface area contributed by atoms with E-state index in [1.54, 1.807) is 0 Å². The molecule has 0 radical (unpaired) electrons. The van der Waals surface area contributed by atoms with Crippen LogP contribution in [0.2, 0.25) is 13.1 Å². The molecule has 0 aromatic heterocycles. The minimum absolute atomic E-state index is 0.204. The van der Waals surface area contributed by atoms with Gasteiger partial charge in [-0.3, -0.25) is 0 Å². The van der Waals surface area contributed by atoms with Gasteiger partial charge in [0.25, 0.3) is 0 Å². The fourth-order valence-electron chi connectivity index (χ4n) is 3.44. The number of hydrogen-bond donors (Lipinski definition) is 0. The zero-order valence-corrected chi connectivity index (χ0v) is 14.0. The summed E-state index contributed by atoms with van der Waals surface area (Å²) in [4.78, 5) is 2.44. The third-order valence-corrected chi connectivity index (χ3v) is 10.7. The van der Waals surface area contributed by atoms with Crippen molar-refractivity contribution in [2.75, 3.05) is 11.4 Å². The molecule has 0 fully saturated rings. The first-order chi connectivity index (χ1) is 9.32. The van der Waals surface area contributed by atoms with Gasteiger partial charge in [-0.2, -0.15) is 0 Å². The third-order valence-electron chi connectivity index (χ3n) is 5.61. The molecule has 3 rings (SSSR count). The summed E-state index contributed by atoms with van der Waals surface area (Å²) in [5.41, 5.74) is 5.41. The molecule has 1 aromatic carbocycles. The molecule has 2 heteroatoms. The Labute approximate surface area is 123 Å². The van der Waals surface area contributed by atoms with Crippen LogP contribution < -0.4 is 4.90 Å². The van der Waals surface area contributed by atoms with Crippen molar-refractivity contribution in [1.82, 2.24) is 0 Å². The van der Waals surface area contributed by atoms with Crippen LogP contribution in [-0.4, -0.2) is 14.6 Å². The van der Waals surface area contributed by atoms with E-state index < -0.39 is 8.07 Å². The van der Waals surface area contributed by atoms with Crippen LogP contribution in [0.1, 0.15) is 25.0 Å². The highest BCUT2D eigenvalue weighted by atomic mass is 28.3. The predicted molar refractivity (Wildman–Crippen MR) is 91.6 cm³/mol. The summed E-state index contributed by atoms with van der Waals surface area (Å²) >= 11 is 0. The van der Waals surface area contributed by atoms with Gasteiger partial charge in [0.1, 0.15) is 8.07 Å². The summed E-state index contributed by atoms with van der Waals surface area (Å²) in [7, 11) is -1.60. The summed E-state index contributed by atoms with van der Waals surface area (Å²) in [6, 6.07) is 6.70. The minimum atomic E-state index is -1.60. The normalized spacial score (nSPS) is 22.1. The number of para-hydroxylation sites is 1. The average molecular weight is 281 g/mol. The lowest BCUT2D eigenvalue weighted by Crippen LogP contribution is -2.58. The Morgan fingerprint density at radius 2 is 2.00 bits per heavy atom. The molecule has 2 aliphatic rings. The van der Waals surface area contributed by atoms with Gasteiger partial charge in [0.2, 0.25) is 0 Å². The largest absolute Gasteiger partial charge is 0.345 e. The standard InChI is InChI=1S/C18H23NSi/c1-7-14-11-12-19-13(2)20(5,6)18(3,4)16-10-8-9-15(14)17(16)19/h7-11H,1-2,12H2,3-6H3. The highest BCUT2D eigenvalue weighted by Crippen LogP contribution is 2.51. The molecular formula is C18H23NSi. The molecule has 0 saturated carbocycles. The molecule has 1 aromatic rings. The van der Waals surface area contributed by atoms with Gasteiger partial charge in [-0.1, -0.05) is 70.5 Å². The van der Waals surface area contributed by atoms with Gasteiger partial charge < -0.3 is 4.90 Å². The van der Waals surface area contributed by atoms with Crippen molar-refractivity contribution in [2.45, 2.75) is 32.0 Å². The van der Waals surface area contributed by atoms with Gasteiger partial charge in [-0.05, 0) is 21.5 Å². The molecule has 104 valence electrons. The van der Waals surface area contributed by atoms with Gasteiger partial charge in [0, 0.05) is 12.1 Å². The van der Waals surface area contributed by atoms with Gasteiger partial charge >= 0.3 is 0 Å². The van der Waals surface area contributed by atoms with Crippen LogP contribution in [0.4, 0.5) is 5.69 Å². The Kier molecular flexibility index (Phi) is 2.68. The van der Waals surface area contributed by atoms with E-state index in [1.165, 1.54) is 27.7 Å². The lowest BCUT2D eigenvalue weighted by Gasteiger charge is -2.53. The Balaban J connectivity index is 2.37. The number of allylic oxidation sites excluding steroid dienone is 2. The quantitative estimate of drug-likeness (QED) is 0.676. The molecule has 0 saturated heterocycles. The van der Waals surface area contributed by atoms with Crippen LogP contribution in [0.5, 0.6) is 0 Å². The van der Waals surface area contributed by atoms with Gasteiger partial charge in [-0.15, -0.1) is 0 Å². The first-order valence-corrected chi connectivity index (χ1v) is 10.3. The molecule has 0 N–H and O–H groups in total. The van der Waals surface area contributed by atoms with E-state index in [9.17, 15) is 0 Å². The smallest absolute Gasteiger partial charge is 0.111 e. The molecular weight excluding hydrogens is 258 g/mol. The molecule has 0 unspecified atom stereocenters. The molecule has 0 spiro atoms. The van der Waals surface area contributed by atoms with Crippen molar-refractivity contribution in [3.8, 4) is 0 Å². The Morgan fingerprint density at radius 3 is 2.65 bits per heavy atom. The van der Waals surface area contributed by atoms with E-state index in [-0.39, 0.29) is 5.04 Å². The number of nitrogens with zero attached hydrogens (tertiary/aromatic N) is 1. The number of rotatable bonds is 1. The monoisotopic (exact) mass is 281 g/mol. The van der Waals surface area contributed by atoms with Crippen LogP contribution in [-0.2, 0) is 5.04 Å². The van der Waals surface area contributed by atoms with E-state index in [1.807, 2.05) is 6.08 Å². The molecule has 1 nitrogen and oxygen atoms in total. The molecule has 0 atom stereocenters. The average Bonchev–Trinajstić information content (AvgIpc) is 2.43. The summed E-state index contributed by atoms with van der Waals surface area (Å²) in [6.45, 7) is 19.0. The maximum atomic E-state index is 4.47. The zero-order valence-electron chi connectivity index (χ0n) is 13.0. The summed E-state index contributed by atoms with van der Waals surface area (Å²) < 4.78 is 0. The predicted octanol–water partition coefficient (Wildman–Crippen LogP) is 4.67. The molecule has 20 heavy (non-hydrogen) atoms. The third kappa shape index (κ3) is 1.43. The van der Waals surface area contributed by atoms with Crippen LogP contribution in [0.25, 0.3) is 5.57 Å². The van der Waals surface area contributed by atoms with E-state index in [4.69, 9.17) is 0 Å². The van der Waals surface area contributed by atoms with Crippen molar-refractivity contribution < 1.29 is 0 Å². The maximum Gasteiger partial charge on any atom is 0.111 e. The first-order valence-electron chi connectivity index (χ1n) is 7.25. The van der Waals surface area contributed by atoms with Crippen molar-refractivity contribution in [1.29, 1.82) is 0 Å². The van der Waals surface area contributed by atoms with Crippen molar-refractivity contribution in [3.63, 3.8) is 0 Å². The second-order valence-corrected chi connectivity index (χ2v) is 11.9. The Hall–Kier alpha value is -1.54. The molecule has 0 bridgehead atoms. The minimum Gasteiger partial charge on any atom is -0.345 e. The van der Waals surface area contributed by atoms with Crippen LogP contribution in [0.3, 0.4) is 0 Å². The van der Waals surface area contributed by atoms with Crippen LogP contribution in [0, 0.1) is 0 Å². The Morgan fingerprint density at radius 1 is 1.30 bits per heavy atom. The van der Waals surface area contributed by atoms with E-state index in [0.29, 0.717) is 0 Å². The van der Waals surface area contributed by atoms with Crippen molar-refractivity contribution in [3.05, 3.63) is 60.0 Å². The van der Waals surface area contributed by atoms with Gasteiger partial charge in [0.05, 0.1) is 5.69 Å². The van der Waals surface area contributed by atoms with E-state index in [2.05, 4.69) is 69.3 Å². The fourth-order valence-corrected chi connectivity index (χ4v) is 5.91. The van der Waals surface area contributed by atoms with Crippen LogP contribution >= 0.6 is 0 Å². The number of benzene rings is 1. The van der Waals surface area contributed by atoms with Gasteiger partial charge in [0.15, 0.2) is 0 Å². The topological polar surface area (TPSA) is 3.24 Å². The lowest BCUT2D eigenvalue weighted by molar-refractivity contribution is 0.698. The second-order valence-electron chi connectivity index (χ2n) is 6.87. The maximum absolute atomic E-state index is 4.47. The van der Waals surface area contributed by atoms with E-state index in [0.717, 1.165) is 6.54 Å². The summed E-state index contributed by atoms with van der Waals surface area (Å²) in [5, 5.41) is 1.55. The Bertz CT molecular complexity index is 649. The van der Waals surface area contributed by atoms with Gasteiger partial charge in [-0.25, -0.2) is 0 Å². The second kappa shape index (κ2) is 3.98. The first kappa shape index (κ1) is 13.4. The highest BCUT2D eigenvalue weighted by Gasteiger charge is 2.50. The lowest BCUT2D eigenvalue weighted by atomic mass is 9.90. The van der Waals surface area contributed by atoms with Crippen molar-refractivity contribution in [2.24, 2.45) is 0 Å². The fraction of sp³-hybridized carbons (Fsp3) is 0.333. The molecule has 0 amide bonds. The molecule has 2 aliphatic heterocycles. The van der Waals surface area contributed by atoms with Crippen LogP contribution in [0.15, 0.2) is 48.8 Å². The SMILES string of the molecule is C=CC1=CCN2C(=C)[Si](C)(C)C(C)(C)c3cccc1c32. The molecule has 0 aliphatic carbocycles. The number of anilines is 1. The number of hydrogen-bond acceptors (Lipinski definition) is 1. The summed E-state index contributed by atoms with van der Waals surface area (Å²) in [6.07, 6.45) is 4.24. The van der Waals surface area contributed by atoms with Crippen molar-refractivity contribution >= 4 is 19.3 Å².